The number of halogens is 1. The van der Waals surface area contributed by atoms with Crippen LogP contribution in [0.1, 0.15) is 17.9 Å². The van der Waals surface area contributed by atoms with Crippen molar-refractivity contribution in [1.29, 1.82) is 0 Å². The first-order chi connectivity index (χ1) is 11.2. The number of rotatable bonds is 3. The number of ether oxygens (including phenoxy) is 2. The first-order valence-electron chi connectivity index (χ1n) is 7.67. The zero-order valence-corrected chi connectivity index (χ0v) is 14.0. The highest BCUT2D eigenvalue weighted by Gasteiger charge is 2.44. The summed E-state index contributed by atoms with van der Waals surface area (Å²) in [4.78, 5) is 12.4. The maximum Gasteiger partial charge on any atom is 0.228 e. The van der Waals surface area contributed by atoms with E-state index in [0.717, 1.165) is 33.6 Å². The molecule has 118 valence electrons. The molecule has 23 heavy (non-hydrogen) atoms. The smallest absolute Gasteiger partial charge is 0.228 e. The molecule has 1 aliphatic heterocycles. The summed E-state index contributed by atoms with van der Waals surface area (Å²) in [5.41, 5.74) is 1.97. The van der Waals surface area contributed by atoms with Gasteiger partial charge in [-0.1, -0.05) is 22.0 Å². The lowest BCUT2D eigenvalue weighted by Crippen LogP contribution is -2.16. The second-order valence-corrected chi connectivity index (χ2v) is 6.76. The van der Waals surface area contributed by atoms with E-state index in [-0.39, 0.29) is 17.7 Å². The molecule has 2 aliphatic rings. The normalized spacial score (nSPS) is 21.6. The summed E-state index contributed by atoms with van der Waals surface area (Å²) in [7, 11) is 0. The van der Waals surface area contributed by atoms with Gasteiger partial charge in [0.15, 0.2) is 11.5 Å². The molecule has 2 atom stereocenters. The molecule has 0 radical (unpaired) electrons. The number of carbonyl (C=O) groups is 1. The summed E-state index contributed by atoms with van der Waals surface area (Å²) in [6.07, 6.45) is 0.877. The molecule has 2 aromatic rings. The maximum absolute atomic E-state index is 12.4. The van der Waals surface area contributed by atoms with Gasteiger partial charge in [0.05, 0.1) is 0 Å². The number of nitrogens with one attached hydrogen (secondary N) is 1. The van der Waals surface area contributed by atoms with Crippen LogP contribution in [0.3, 0.4) is 0 Å². The molecule has 1 N–H and O–H groups in total. The highest BCUT2D eigenvalue weighted by Crippen LogP contribution is 2.49. The topological polar surface area (TPSA) is 47.6 Å². The van der Waals surface area contributed by atoms with Gasteiger partial charge in [0, 0.05) is 16.1 Å². The van der Waals surface area contributed by atoms with Gasteiger partial charge >= 0.3 is 0 Å². The number of hydrogen-bond donors (Lipinski definition) is 1. The Kier molecular flexibility index (Phi) is 3.73. The summed E-state index contributed by atoms with van der Waals surface area (Å²) >= 11 is 3.39. The highest BCUT2D eigenvalue weighted by molar-refractivity contribution is 9.10. The van der Waals surface area contributed by atoms with Crippen LogP contribution in [0, 0.1) is 5.92 Å². The van der Waals surface area contributed by atoms with Crippen molar-refractivity contribution in [3.63, 3.8) is 0 Å². The summed E-state index contributed by atoms with van der Waals surface area (Å²) in [5.74, 6) is 1.94. The van der Waals surface area contributed by atoms with Crippen molar-refractivity contribution in [2.45, 2.75) is 12.3 Å². The second-order valence-electron chi connectivity index (χ2n) is 5.85. The van der Waals surface area contributed by atoms with Crippen molar-refractivity contribution in [2.75, 3.05) is 18.5 Å². The SMILES string of the molecule is O=C(Nc1ccc(Br)cc1)[C@H]1C[C@H]1c1ccc2c(c1)OCCO2. The minimum absolute atomic E-state index is 0.0289. The van der Waals surface area contributed by atoms with E-state index in [9.17, 15) is 4.79 Å². The molecular formula is C18H16BrNO3. The number of fused-ring (bicyclic) bond motifs is 1. The lowest BCUT2D eigenvalue weighted by Gasteiger charge is -2.18. The summed E-state index contributed by atoms with van der Waals surface area (Å²) in [6.45, 7) is 1.17. The van der Waals surface area contributed by atoms with Crippen LogP contribution in [0.5, 0.6) is 11.5 Å². The Labute approximate surface area is 142 Å². The van der Waals surface area contributed by atoms with Crippen molar-refractivity contribution in [2.24, 2.45) is 5.92 Å². The van der Waals surface area contributed by atoms with Crippen LogP contribution in [0.4, 0.5) is 5.69 Å². The molecule has 4 nitrogen and oxygen atoms in total. The average molecular weight is 374 g/mol. The Morgan fingerprint density at radius 1 is 1.04 bits per heavy atom. The monoisotopic (exact) mass is 373 g/mol. The van der Waals surface area contributed by atoms with Crippen LogP contribution < -0.4 is 14.8 Å². The molecule has 1 heterocycles. The van der Waals surface area contributed by atoms with E-state index < -0.39 is 0 Å². The van der Waals surface area contributed by atoms with Crippen LogP contribution in [-0.2, 0) is 4.79 Å². The van der Waals surface area contributed by atoms with Gasteiger partial charge < -0.3 is 14.8 Å². The molecular weight excluding hydrogens is 358 g/mol. The van der Waals surface area contributed by atoms with Crippen molar-refractivity contribution < 1.29 is 14.3 Å². The molecule has 0 spiro atoms. The summed E-state index contributed by atoms with van der Waals surface area (Å²) in [6, 6.07) is 13.6. The fourth-order valence-electron chi connectivity index (χ4n) is 2.91. The van der Waals surface area contributed by atoms with E-state index in [0.29, 0.717) is 13.2 Å². The second kappa shape index (κ2) is 5.89. The number of hydrogen-bond acceptors (Lipinski definition) is 3. The largest absolute Gasteiger partial charge is 0.486 e. The van der Waals surface area contributed by atoms with Gasteiger partial charge in [-0.15, -0.1) is 0 Å². The van der Waals surface area contributed by atoms with E-state index in [4.69, 9.17) is 9.47 Å². The van der Waals surface area contributed by atoms with Gasteiger partial charge in [-0.2, -0.15) is 0 Å². The number of amides is 1. The lowest BCUT2D eigenvalue weighted by molar-refractivity contribution is -0.117. The van der Waals surface area contributed by atoms with Crippen molar-refractivity contribution >= 4 is 27.5 Å². The van der Waals surface area contributed by atoms with E-state index in [1.807, 2.05) is 42.5 Å². The standard InChI is InChI=1S/C18H16BrNO3/c19-12-2-4-13(5-3-12)20-18(21)15-10-14(15)11-1-6-16-17(9-11)23-8-7-22-16/h1-6,9,14-15H,7-8,10H2,(H,20,21)/t14-,15-/m0/s1. The predicted molar refractivity (Wildman–Crippen MR) is 91.1 cm³/mol. The summed E-state index contributed by atoms with van der Waals surface area (Å²) < 4.78 is 12.1. The molecule has 1 aliphatic carbocycles. The molecule has 4 rings (SSSR count). The molecule has 0 aromatic heterocycles. The number of benzene rings is 2. The molecule has 0 unspecified atom stereocenters. The van der Waals surface area contributed by atoms with Crippen LogP contribution in [0.25, 0.3) is 0 Å². The Morgan fingerprint density at radius 2 is 1.78 bits per heavy atom. The average Bonchev–Trinajstić information content (AvgIpc) is 3.37. The number of anilines is 1. The van der Waals surface area contributed by atoms with Crippen LogP contribution >= 0.6 is 15.9 Å². The van der Waals surface area contributed by atoms with Crippen molar-refractivity contribution in [3.8, 4) is 11.5 Å². The molecule has 5 heteroatoms. The van der Waals surface area contributed by atoms with Gasteiger partial charge in [-0.3, -0.25) is 4.79 Å². The third kappa shape index (κ3) is 3.06. The first kappa shape index (κ1) is 14.6. The molecule has 2 aromatic carbocycles. The first-order valence-corrected chi connectivity index (χ1v) is 8.46. The van der Waals surface area contributed by atoms with Crippen molar-refractivity contribution in [1.82, 2.24) is 0 Å². The Morgan fingerprint density at radius 3 is 2.57 bits per heavy atom. The minimum Gasteiger partial charge on any atom is -0.486 e. The van der Waals surface area contributed by atoms with Crippen LogP contribution in [0.15, 0.2) is 46.9 Å². The Bertz CT molecular complexity index is 744. The maximum atomic E-state index is 12.4. The third-order valence-electron chi connectivity index (χ3n) is 4.23. The minimum atomic E-state index is 0.0289. The van der Waals surface area contributed by atoms with Gasteiger partial charge in [-0.25, -0.2) is 0 Å². The molecule has 0 bridgehead atoms. The van der Waals surface area contributed by atoms with Crippen LogP contribution in [0.2, 0.25) is 0 Å². The highest BCUT2D eigenvalue weighted by atomic mass is 79.9. The molecule has 0 saturated heterocycles. The fourth-order valence-corrected chi connectivity index (χ4v) is 3.18. The fraction of sp³-hybridized carbons (Fsp3) is 0.278. The molecule has 1 amide bonds. The zero-order valence-electron chi connectivity index (χ0n) is 12.4. The van der Waals surface area contributed by atoms with Crippen molar-refractivity contribution in [3.05, 3.63) is 52.5 Å². The third-order valence-corrected chi connectivity index (χ3v) is 4.76. The van der Waals surface area contributed by atoms with Crippen LogP contribution in [-0.4, -0.2) is 19.1 Å². The van der Waals surface area contributed by atoms with Gasteiger partial charge in [0.2, 0.25) is 5.91 Å². The van der Waals surface area contributed by atoms with E-state index in [2.05, 4.69) is 21.2 Å². The summed E-state index contributed by atoms with van der Waals surface area (Å²) in [5, 5.41) is 2.98. The van der Waals surface area contributed by atoms with Gasteiger partial charge in [-0.05, 0) is 54.3 Å². The Hall–Kier alpha value is -2.01. The van der Waals surface area contributed by atoms with E-state index in [1.165, 1.54) is 0 Å². The molecule has 1 saturated carbocycles. The predicted octanol–water partition coefficient (Wildman–Crippen LogP) is 3.96. The van der Waals surface area contributed by atoms with Gasteiger partial charge in [0.1, 0.15) is 13.2 Å². The van der Waals surface area contributed by atoms with Gasteiger partial charge in [0.25, 0.3) is 0 Å². The quantitative estimate of drug-likeness (QED) is 0.885. The number of carbonyl (C=O) groups excluding carboxylic acids is 1. The lowest BCUT2D eigenvalue weighted by atomic mass is 10.1. The van der Waals surface area contributed by atoms with E-state index in [1.54, 1.807) is 0 Å². The molecule has 1 fully saturated rings. The van der Waals surface area contributed by atoms with E-state index >= 15 is 0 Å². The zero-order chi connectivity index (χ0) is 15.8. The Balaban J connectivity index is 1.43.